The van der Waals surface area contributed by atoms with Gasteiger partial charge in [0.25, 0.3) is 5.91 Å². The van der Waals surface area contributed by atoms with Crippen molar-refractivity contribution in [2.45, 2.75) is 11.5 Å². The van der Waals surface area contributed by atoms with E-state index in [0.717, 1.165) is 5.56 Å². The Balaban J connectivity index is 1.41. The monoisotopic (exact) mass is 479 g/mol. The van der Waals surface area contributed by atoms with Gasteiger partial charge in [0.1, 0.15) is 12.4 Å². The molecule has 0 bridgehead atoms. The van der Waals surface area contributed by atoms with Crippen molar-refractivity contribution in [2.75, 3.05) is 26.3 Å². The molecule has 0 radical (unpaired) electrons. The Hall–Kier alpha value is -3.53. The first-order chi connectivity index (χ1) is 16.5. The molecule has 1 fully saturated rings. The summed E-state index contributed by atoms with van der Waals surface area (Å²) in [4.78, 5) is 12.7. The third-order valence-corrected chi connectivity index (χ3v) is 7.12. The molecule has 0 aromatic heterocycles. The molecule has 3 aromatic carbocycles. The van der Waals surface area contributed by atoms with Gasteiger partial charge in [-0.3, -0.25) is 4.79 Å². The third kappa shape index (κ3) is 5.88. The van der Waals surface area contributed by atoms with Crippen molar-refractivity contribution in [1.82, 2.24) is 9.73 Å². The fraction of sp³-hybridized carbons (Fsp3) is 0.200. The van der Waals surface area contributed by atoms with Crippen LogP contribution in [0.3, 0.4) is 0 Å². The Bertz CT molecular complexity index is 1260. The molecule has 1 aliphatic rings. The maximum absolute atomic E-state index is 12.9. The van der Waals surface area contributed by atoms with Crippen molar-refractivity contribution in [1.29, 1.82) is 0 Å². The summed E-state index contributed by atoms with van der Waals surface area (Å²) in [7, 11) is -3.70. The van der Waals surface area contributed by atoms with Crippen LogP contribution in [0.1, 0.15) is 21.5 Å². The highest BCUT2D eigenvalue weighted by Crippen LogP contribution is 2.19. The summed E-state index contributed by atoms with van der Waals surface area (Å²) in [6, 6.07) is 23.1. The average Bonchev–Trinajstić information content (AvgIpc) is 2.89. The van der Waals surface area contributed by atoms with E-state index in [9.17, 15) is 13.2 Å². The minimum atomic E-state index is -3.70. The predicted octanol–water partition coefficient (Wildman–Crippen LogP) is 3.05. The largest absolute Gasteiger partial charge is 0.488 e. The van der Waals surface area contributed by atoms with Crippen LogP contribution in [0.4, 0.5) is 0 Å². The smallest absolute Gasteiger partial charge is 0.271 e. The molecule has 3 aromatic rings. The lowest BCUT2D eigenvalue weighted by Gasteiger charge is -2.26. The van der Waals surface area contributed by atoms with Crippen LogP contribution in [-0.4, -0.2) is 51.1 Å². The predicted molar refractivity (Wildman–Crippen MR) is 128 cm³/mol. The van der Waals surface area contributed by atoms with E-state index in [1.165, 1.54) is 22.7 Å². The van der Waals surface area contributed by atoms with Gasteiger partial charge < -0.3 is 9.47 Å². The van der Waals surface area contributed by atoms with E-state index in [0.29, 0.717) is 31.1 Å². The molecule has 1 N–H and O–H groups in total. The lowest BCUT2D eigenvalue weighted by atomic mass is 10.2. The summed E-state index contributed by atoms with van der Waals surface area (Å²) in [5.74, 6) is 0.112. The number of ether oxygens (including phenoxy) is 2. The summed E-state index contributed by atoms with van der Waals surface area (Å²) >= 11 is 0. The van der Waals surface area contributed by atoms with Gasteiger partial charge in [0.15, 0.2) is 0 Å². The van der Waals surface area contributed by atoms with Crippen LogP contribution in [0.25, 0.3) is 0 Å². The van der Waals surface area contributed by atoms with Gasteiger partial charge in [0.05, 0.1) is 24.3 Å². The molecule has 1 aliphatic heterocycles. The fourth-order valence-electron chi connectivity index (χ4n) is 3.41. The zero-order valence-corrected chi connectivity index (χ0v) is 19.3. The second-order valence-electron chi connectivity index (χ2n) is 7.56. The van der Waals surface area contributed by atoms with E-state index in [-0.39, 0.29) is 23.5 Å². The molecule has 0 aliphatic carbocycles. The fourth-order valence-corrected chi connectivity index (χ4v) is 4.87. The Morgan fingerprint density at radius 3 is 2.53 bits per heavy atom. The van der Waals surface area contributed by atoms with E-state index < -0.39 is 15.9 Å². The molecule has 1 saturated heterocycles. The number of nitrogens with zero attached hydrogens (tertiary/aromatic N) is 2. The van der Waals surface area contributed by atoms with Gasteiger partial charge in [-0.1, -0.05) is 48.5 Å². The highest BCUT2D eigenvalue weighted by molar-refractivity contribution is 7.89. The van der Waals surface area contributed by atoms with Crippen LogP contribution in [0.15, 0.2) is 88.9 Å². The Kier molecular flexibility index (Phi) is 7.69. The molecule has 0 spiro atoms. The number of hydrogen-bond acceptors (Lipinski definition) is 6. The third-order valence-electron chi connectivity index (χ3n) is 5.23. The lowest BCUT2D eigenvalue weighted by Crippen LogP contribution is -2.40. The molecular formula is C25H25N3O5S. The van der Waals surface area contributed by atoms with Crippen LogP contribution in [0, 0.1) is 0 Å². The second-order valence-corrected chi connectivity index (χ2v) is 9.49. The van der Waals surface area contributed by atoms with E-state index in [2.05, 4.69) is 10.5 Å². The topological polar surface area (TPSA) is 97.3 Å². The number of hydrogen-bond donors (Lipinski definition) is 1. The highest BCUT2D eigenvalue weighted by Gasteiger charge is 2.26. The van der Waals surface area contributed by atoms with Crippen molar-refractivity contribution in [3.8, 4) is 5.75 Å². The summed E-state index contributed by atoms with van der Waals surface area (Å²) in [5.41, 5.74) is 4.38. The van der Waals surface area contributed by atoms with E-state index in [1.54, 1.807) is 12.1 Å². The molecule has 8 nitrogen and oxygen atoms in total. The molecule has 1 amide bonds. The number of rotatable bonds is 8. The SMILES string of the molecule is O=C(N/N=C/c1ccccc1OCc1ccccc1)c1cccc(S(=O)(=O)N2CCOCC2)c1. The summed E-state index contributed by atoms with van der Waals surface area (Å²) in [6.07, 6.45) is 1.49. The Labute approximate surface area is 198 Å². The molecule has 9 heteroatoms. The van der Waals surface area contributed by atoms with Gasteiger partial charge >= 0.3 is 0 Å². The molecule has 4 rings (SSSR count). The second kappa shape index (κ2) is 11.1. The Morgan fingerprint density at radius 2 is 1.74 bits per heavy atom. The zero-order valence-electron chi connectivity index (χ0n) is 18.5. The number of morpholine rings is 1. The number of carbonyl (C=O) groups is 1. The molecule has 34 heavy (non-hydrogen) atoms. The highest BCUT2D eigenvalue weighted by atomic mass is 32.2. The van der Waals surface area contributed by atoms with Crippen molar-refractivity contribution >= 4 is 22.1 Å². The average molecular weight is 480 g/mol. The van der Waals surface area contributed by atoms with Gasteiger partial charge in [-0.15, -0.1) is 0 Å². The lowest BCUT2D eigenvalue weighted by molar-refractivity contribution is 0.0730. The number of hydrazone groups is 1. The van der Waals surface area contributed by atoms with Crippen molar-refractivity contribution < 1.29 is 22.7 Å². The van der Waals surface area contributed by atoms with Crippen LogP contribution >= 0.6 is 0 Å². The molecule has 0 saturated carbocycles. The van der Waals surface area contributed by atoms with Crippen molar-refractivity contribution in [3.05, 3.63) is 95.6 Å². The van der Waals surface area contributed by atoms with Crippen LogP contribution in [0.5, 0.6) is 5.75 Å². The van der Waals surface area contributed by atoms with Gasteiger partial charge in [-0.05, 0) is 35.9 Å². The summed E-state index contributed by atoms with van der Waals surface area (Å²) < 4.78 is 38.2. The number of amides is 1. The standard InChI is InChI=1S/C25H25N3O5S/c29-25(21-10-6-11-23(17-21)34(30,31)28-13-15-32-16-14-28)27-26-18-22-9-4-5-12-24(22)33-19-20-7-2-1-3-8-20/h1-12,17-18H,13-16,19H2,(H,27,29)/b26-18+. The molecule has 0 unspecified atom stereocenters. The first-order valence-electron chi connectivity index (χ1n) is 10.8. The van der Waals surface area contributed by atoms with Crippen molar-refractivity contribution in [3.63, 3.8) is 0 Å². The first kappa shape index (κ1) is 23.6. The molecule has 0 atom stereocenters. The zero-order chi connectivity index (χ0) is 23.8. The first-order valence-corrected chi connectivity index (χ1v) is 12.3. The normalized spacial score (nSPS) is 14.7. The Morgan fingerprint density at radius 1 is 1.00 bits per heavy atom. The number of carbonyl (C=O) groups excluding carboxylic acids is 1. The molecule has 176 valence electrons. The quantitative estimate of drug-likeness (QED) is 0.396. The number of nitrogens with one attached hydrogen (secondary N) is 1. The van der Waals surface area contributed by atoms with Gasteiger partial charge in [0.2, 0.25) is 10.0 Å². The summed E-state index contributed by atoms with van der Waals surface area (Å²) in [5, 5.41) is 4.03. The van der Waals surface area contributed by atoms with Gasteiger partial charge in [-0.2, -0.15) is 9.41 Å². The minimum absolute atomic E-state index is 0.0608. The summed E-state index contributed by atoms with van der Waals surface area (Å²) in [6.45, 7) is 1.68. The van der Waals surface area contributed by atoms with Gasteiger partial charge in [-0.25, -0.2) is 13.8 Å². The number of para-hydroxylation sites is 1. The van der Waals surface area contributed by atoms with Crippen LogP contribution < -0.4 is 10.2 Å². The van der Waals surface area contributed by atoms with Crippen molar-refractivity contribution in [2.24, 2.45) is 5.10 Å². The molecular weight excluding hydrogens is 454 g/mol. The maximum atomic E-state index is 12.9. The van der Waals surface area contributed by atoms with Crippen LogP contribution in [-0.2, 0) is 21.4 Å². The van der Waals surface area contributed by atoms with E-state index in [1.807, 2.05) is 54.6 Å². The van der Waals surface area contributed by atoms with Gasteiger partial charge in [0, 0.05) is 24.2 Å². The van der Waals surface area contributed by atoms with E-state index >= 15 is 0 Å². The number of sulfonamides is 1. The van der Waals surface area contributed by atoms with E-state index in [4.69, 9.17) is 9.47 Å². The van der Waals surface area contributed by atoms with Crippen LogP contribution in [0.2, 0.25) is 0 Å². The molecule has 1 heterocycles. The maximum Gasteiger partial charge on any atom is 0.271 e. The minimum Gasteiger partial charge on any atom is -0.488 e. The number of benzene rings is 3.